The summed E-state index contributed by atoms with van der Waals surface area (Å²) in [7, 11) is 3.31. The van der Waals surface area contributed by atoms with Crippen molar-refractivity contribution in [1.29, 1.82) is 0 Å². The molecule has 164 valence electrons. The van der Waals surface area contributed by atoms with Gasteiger partial charge in [-0.3, -0.25) is 0 Å². The molecule has 6 nitrogen and oxygen atoms in total. The smallest absolute Gasteiger partial charge is 0.191 e. The maximum Gasteiger partial charge on any atom is 0.191 e. The number of aliphatic imine (C=N–C) groups is 1. The number of anilines is 1. The van der Waals surface area contributed by atoms with Crippen molar-refractivity contribution in [1.82, 2.24) is 10.6 Å². The van der Waals surface area contributed by atoms with Crippen molar-refractivity contribution in [3.8, 4) is 11.5 Å². The minimum Gasteiger partial charge on any atom is -0.497 e. The van der Waals surface area contributed by atoms with Crippen LogP contribution in [0.1, 0.15) is 18.9 Å². The Hall–Kier alpha value is -2.23. The fourth-order valence-corrected chi connectivity index (χ4v) is 3.41. The van der Waals surface area contributed by atoms with E-state index in [1.54, 1.807) is 20.3 Å². The monoisotopic (exact) mass is 528 g/mol. The number of halogens is 2. The predicted octanol–water partition coefficient (Wildman–Crippen LogP) is 3.79. The summed E-state index contributed by atoms with van der Waals surface area (Å²) in [4.78, 5) is 6.91. The van der Waals surface area contributed by atoms with Gasteiger partial charge in [0, 0.05) is 49.6 Å². The first kappa shape index (κ1) is 24.0. The van der Waals surface area contributed by atoms with E-state index in [0.717, 1.165) is 54.8 Å². The maximum atomic E-state index is 13.4. The number of benzene rings is 2. The van der Waals surface area contributed by atoms with Crippen LogP contribution in [0, 0.1) is 5.82 Å². The Labute approximate surface area is 194 Å². The molecule has 1 heterocycles. The second-order valence-electron chi connectivity index (χ2n) is 6.97. The van der Waals surface area contributed by atoms with Crippen LogP contribution < -0.4 is 25.0 Å². The quantitative estimate of drug-likeness (QED) is 0.326. The fraction of sp³-hybridized carbons (Fsp3) is 0.409. The van der Waals surface area contributed by atoms with Crippen LogP contribution in [0.5, 0.6) is 11.5 Å². The number of rotatable bonds is 7. The lowest BCUT2D eigenvalue weighted by molar-refractivity contribution is 0.394. The summed E-state index contributed by atoms with van der Waals surface area (Å²) in [5.41, 5.74) is 1.92. The van der Waals surface area contributed by atoms with E-state index < -0.39 is 0 Å². The van der Waals surface area contributed by atoms with Gasteiger partial charge in [0.1, 0.15) is 17.3 Å². The molecular formula is C22H30FIN4O2. The lowest BCUT2D eigenvalue weighted by Crippen LogP contribution is -2.44. The van der Waals surface area contributed by atoms with Gasteiger partial charge < -0.3 is 25.0 Å². The summed E-state index contributed by atoms with van der Waals surface area (Å²) in [6.07, 6.45) is 0.990. The van der Waals surface area contributed by atoms with Crippen LogP contribution in [-0.2, 0) is 6.54 Å². The molecule has 1 aliphatic rings. The van der Waals surface area contributed by atoms with Crippen molar-refractivity contribution in [2.45, 2.75) is 25.9 Å². The highest BCUT2D eigenvalue weighted by Crippen LogP contribution is 2.30. The molecular weight excluding hydrogens is 498 g/mol. The molecule has 0 amide bonds. The summed E-state index contributed by atoms with van der Waals surface area (Å²) in [6, 6.07) is 12.7. The van der Waals surface area contributed by atoms with Gasteiger partial charge in [0.05, 0.1) is 20.8 Å². The first-order chi connectivity index (χ1) is 14.1. The molecule has 2 N–H and O–H groups in total. The number of ether oxygens (including phenoxy) is 2. The minimum absolute atomic E-state index is 0. The number of methoxy groups -OCH3 is 2. The van der Waals surface area contributed by atoms with E-state index in [1.165, 1.54) is 12.1 Å². The SMILES string of the molecule is CCNC(=NCc1cccc(F)c1)NC1CCN(c2cc(OC)cc(OC)c2)C1.I. The third-order valence-corrected chi connectivity index (χ3v) is 4.88. The number of guanidine groups is 1. The van der Waals surface area contributed by atoms with Gasteiger partial charge in [-0.15, -0.1) is 24.0 Å². The highest BCUT2D eigenvalue weighted by atomic mass is 127. The molecule has 0 aromatic heterocycles. The van der Waals surface area contributed by atoms with Crippen LogP contribution >= 0.6 is 24.0 Å². The van der Waals surface area contributed by atoms with E-state index >= 15 is 0 Å². The molecule has 30 heavy (non-hydrogen) atoms. The Morgan fingerprint density at radius 1 is 1.17 bits per heavy atom. The van der Waals surface area contributed by atoms with Crippen LogP contribution in [0.25, 0.3) is 0 Å². The molecule has 0 bridgehead atoms. The van der Waals surface area contributed by atoms with E-state index in [-0.39, 0.29) is 35.8 Å². The zero-order valence-corrected chi connectivity index (χ0v) is 20.0. The molecule has 2 aromatic carbocycles. The lowest BCUT2D eigenvalue weighted by Gasteiger charge is -2.21. The Balaban J connectivity index is 0.00000320. The summed E-state index contributed by atoms with van der Waals surface area (Å²) in [5.74, 6) is 2.06. The highest BCUT2D eigenvalue weighted by Gasteiger charge is 2.24. The maximum absolute atomic E-state index is 13.4. The summed E-state index contributed by atoms with van der Waals surface area (Å²) >= 11 is 0. The normalized spacial score (nSPS) is 16.1. The third kappa shape index (κ3) is 6.65. The van der Waals surface area contributed by atoms with Gasteiger partial charge >= 0.3 is 0 Å². The second-order valence-corrected chi connectivity index (χ2v) is 6.97. The van der Waals surface area contributed by atoms with Gasteiger partial charge in [-0.2, -0.15) is 0 Å². The van der Waals surface area contributed by atoms with E-state index in [0.29, 0.717) is 6.54 Å². The Morgan fingerprint density at radius 2 is 1.90 bits per heavy atom. The molecule has 1 aliphatic heterocycles. The number of hydrogen-bond donors (Lipinski definition) is 2. The lowest BCUT2D eigenvalue weighted by atomic mass is 10.2. The fourth-order valence-electron chi connectivity index (χ4n) is 3.41. The van der Waals surface area contributed by atoms with Crippen LogP contribution in [-0.4, -0.2) is 45.9 Å². The van der Waals surface area contributed by atoms with Crippen LogP contribution in [0.4, 0.5) is 10.1 Å². The second kappa shape index (κ2) is 11.8. The number of hydrogen-bond acceptors (Lipinski definition) is 4. The number of nitrogens with zero attached hydrogens (tertiary/aromatic N) is 2. The van der Waals surface area contributed by atoms with Gasteiger partial charge in [-0.05, 0) is 31.0 Å². The molecule has 0 saturated carbocycles. The Kier molecular flexibility index (Phi) is 9.48. The zero-order chi connectivity index (χ0) is 20.6. The van der Waals surface area contributed by atoms with Crippen LogP contribution in [0.15, 0.2) is 47.5 Å². The summed E-state index contributed by atoms with van der Waals surface area (Å²) < 4.78 is 24.1. The average Bonchev–Trinajstić information content (AvgIpc) is 3.20. The van der Waals surface area contributed by atoms with Crippen molar-refractivity contribution < 1.29 is 13.9 Å². The largest absolute Gasteiger partial charge is 0.497 e. The molecule has 8 heteroatoms. The van der Waals surface area contributed by atoms with Crippen molar-refractivity contribution >= 4 is 35.6 Å². The summed E-state index contributed by atoms with van der Waals surface area (Å²) in [6.45, 7) is 5.00. The highest BCUT2D eigenvalue weighted by molar-refractivity contribution is 14.0. The molecule has 2 aromatic rings. The standard InChI is InChI=1S/C22H29FN4O2.HI/c1-4-24-22(25-14-16-6-5-7-17(23)10-16)26-18-8-9-27(15-18)19-11-20(28-2)13-21(12-19)29-3;/h5-7,10-13,18H,4,8-9,14-15H2,1-3H3,(H2,24,25,26);1H. The molecule has 1 unspecified atom stereocenters. The molecule has 3 rings (SSSR count). The van der Waals surface area contributed by atoms with Crippen molar-refractivity contribution in [2.75, 3.05) is 38.8 Å². The minimum atomic E-state index is -0.240. The predicted molar refractivity (Wildman–Crippen MR) is 130 cm³/mol. The zero-order valence-electron chi connectivity index (χ0n) is 17.7. The molecule has 1 fully saturated rings. The van der Waals surface area contributed by atoms with Crippen molar-refractivity contribution in [2.24, 2.45) is 4.99 Å². The number of nitrogens with one attached hydrogen (secondary N) is 2. The van der Waals surface area contributed by atoms with Gasteiger partial charge in [0.25, 0.3) is 0 Å². The van der Waals surface area contributed by atoms with Crippen molar-refractivity contribution in [3.05, 3.63) is 53.8 Å². The van der Waals surface area contributed by atoms with Crippen molar-refractivity contribution in [3.63, 3.8) is 0 Å². The van der Waals surface area contributed by atoms with Gasteiger partial charge in [0.2, 0.25) is 0 Å². The van der Waals surface area contributed by atoms with E-state index in [1.807, 2.05) is 31.2 Å². The molecule has 0 radical (unpaired) electrons. The first-order valence-corrected chi connectivity index (χ1v) is 9.88. The Bertz CT molecular complexity index is 827. The first-order valence-electron chi connectivity index (χ1n) is 9.88. The van der Waals surface area contributed by atoms with E-state index in [9.17, 15) is 4.39 Å². The van der Waals surface area contributed by atoms with Gasteiger partial charge in [-0.25, -0.2) is 9.38 Å². The molecule has 1 saturated heterocycles. The van der Waals surface area contributed by atoms with Gasteiger partial charge in [-0.1, -0.05) is 12.1 Å². The van der Waals surface area contributed by atoms with Gasteiger partial charge in [0.15, 0.2) is 5.96 Å². The Morgan fingerprint density at radius 3 is 2.53 bits per heavy atom. The molecule has 0 spiro atoms. The summed E-state index contributed by atoms with van der Waals surface area (Å²) in [5, 5.41) is 6.77. The van der Waals surface area contributed by atoms with Crippen LogP contribution in [0.2, 0.25) is 0 Å². The van der Waals surface area contributed by atoms with E-state index in [4.69, 9.17) is 9.47 Å². The molecule has 1 atom stereocenters. The molecule has 0 aliphatic carbocycles. The third-order valence-electron chi connectivity index (χ3n) is 4.88. The van der Waals surface area contributed by atoms with E-state index in [2.05, 4.69) is 20.5 Å². The topological polar surface area (TPSA) is 58.1 Å². The van der Waals surface area contributed by atoms with Crippen LogP contribution in [0.3, 0.4) is 0 Å². The average molecular weight is 528 g/mol.